The van der Waals surface area contributed by atoms with Crippen LogP contribution in [0, 0.1) is 45.3 Å². The van der Waals surface area contributed by atoms with E-state index in [1.165, 1.54) is 4.90 Å². The van der Waals surface area contributed by atoms with E-state index in [2.05, 4.69) is 18.2 Å². The molecule has 1 aromatic rings. The molecule has 146 valence electrons. The van der Waals surface area contributed by atoms with Crippen molar-refractivity contribution in [2.75, 3.05) is 19.7 Å². The number of rotatable bonds is 2. The maximum atomic E-state index is 12.3. The highest BCUT2D eigenvalue weighted by atomic mass is 35.5. The summed E-state index contributed by atoms with van der Waals surface area (Å²) >= 11 is 6.17. The van der Waals surface area contributed by atoms with Gasteiger partial charge < -0.3 is 15.4 Å². The van der Waals surface area contributed by atoms with Gasteiger partial charge in [-0.15, -0.1) is 0 Å². The molecule has 29 heavy (non-hydrogen) atoms. The highest BCUT2D eigenvalue weighted by Gasteiger charge is 2.54. The molecule has 0 saturated heterocycles. The maximum absolute atomic E-state index is 12.3. The van der Waals surface area contributed by atoms with Crippen LogP contribution in [-0.4, -0.2) is 30.7 Å². The van der Waals surface area contributed by atoms with Crippen LogP contribution in [0.4, 0.5) is 4.79 Å². The third-order valence-corrected chi connectivity index (χ3v) is 5.63. The highest BCUT2D eigenvalue weighted by molar-refractivity contribution is 6.30. The number of fused-ring (bicyclic) bond motifs is 1. The Kier molecular flexibility index (Phi) is 5.50. The van der Waals surface area contributed by atoms with E-state index in [9.17, 15) is 20.6 Å². The van der Waals surface area contributed by atoms with Gasteiger partial charge in [-0.3, -0.25) is 0 Å². The van der Waals surface area contributed by atoms with E-state index in [0.29, 0.717) is 16.2 Å². The molecule has 2 aliphatic rings. The molecule has 0 saturated carbocycles. The van der Waals surface area contributed by atoms with Gasteiger partial charge >= 0.3 is 6.09 Å². The van der Waals surface area contributed by atoms with Gasteiger partial charge in [-0.2, -0.15) is 15.8 Å². The van der Waals surface area contributed by atoms with Gasteiger partial charge in [0.25, 0.3) is 0 Å². The number of halogens is 1. The quantitative estimate of drug-likeness (QED) is 0.801. The van der Waals surface area contributed by atoms with Gasteiger partial charge in [0.1, 0.15) is 6.07 Å². The Bertz CT molecular complexity index is 1030. The number of nitrogens with two attached hydrogens (primary N) is 1. The van der Waals surface area contributed by atoms with E-state index in [4.69, 9.17) is 22.1 Å². The molecule has 1 heterocycles. The van der Waals surface area contributed by atoms with Gasteiger partial charge in [0.05, 0.1) is 30.0 Å². The number of benzene rings is 1. The van der Waals surface area contributed by atoms with E-state index >= 15 is 0 Å². The highest BCUT2D eigenvalue weighted by Crippen LogP contribution is 2.54. The zero-order valence-corrected chi connectivity index (χ0v) is 16.5. The molecule has 0 bridgehead atoms. The van der Waals surface area contributed by atoms with Gasteiger partial charge in [0, 0.05) is 29.9 Å². The molecule has 8 heteroatoms. The Morgan fingerprint density at radius 1 is 1.38 bits per heavy atom. The molecule has 2 atom stereocenters. The molecule has 1 aliphatic heterocycles. The minimum absolute atomic E-state index is 0.0675. The monoisotopic (exact) mass is 407 g/mol. The summed E-state index contributed by atoms with van der Waals surface area (Å²) in [7, 11) is 0. The minimum Gasteiger partial charge on any atom is -0.450 e. The third kappa shape index (κ3) is 3.18. The predicted octanol–water partition coefficient (Wildman–Crippen LogP) is 3.22. The molecular weight excluding hydrogens is 390 g/mol. The summed E-state index contributed by atoms with van der Waals surface area (Å²) < 4.78 is 5.10. The van der Waals surface area contributed by atoms with E-state index in [1.54, 1.807) is 37.3 Å². The van der Waals surface area contributed by atoms with E-state index in [0.717, 1.165) is 0 Å². The van der Waals surface area contributed by atoms with Crippen LogP contribution in [0.25, 0.3) is 0 Å². The van der Waals surface area contributed by atoms with Crippen LogP contribution in [0.5, 0.6) is 0 Å². The van der Waals surface area contributed by atoms with Crippen molar-refractivity contribution in [1.29, 1.82) is 15.8 Å². The lowest BCUT2D eigenvalue weighted by Crippen LogP contribution is -2.49. The number of hydrogen-bond acceptors (Lipinski definition) is 6. The fourth-order valence-corrected chi connectivity index (χ4v) is 4.32. The minimum atomic E-state index is -1.77. The molecule has 2 N–H and O–H groups in total. The van der Waals surface area contributed by atoms with E-state index in [1.807, 2.05) is 0 Å². The lowest BCUT2D eigenvalue weighted by molar-refractivity contribution is 0.0999. The lowest BCUT2D eigenvalue weighted by atomic mass is 9.58. The van der Waals surface area contributed by atoms with Crippen molar-refractivity contribution in [3.05, 3.63) is 57.8 Å². The van der Waals surface area contributed by atoms with Crippen LogP contribution in [0.1, 0.15) is 18.4 Å². The summed E-state index contributed by atoms with van der Waals surface area (Å²) in [6.45, 7) is 2.37. The molecule has 1 aliphatic carbocycles. The summed E-state index contributed by atoms with van der Waals surface area (Å²) in [5, 5.41) is 30.2. The number of amides is 1. The summed E-state index contributed by atoms with van der Waals surface area (Å²) in [6, 6.07) is 13.0. The fraction of sp³-hybridized carbons (Fsp3) is 0.333. The lowest BCUT2D eigenvalue weighted by Gasteiger charge is -2.45. The second-order valence-electron chi connectivity index (χ2n) is 6.83. The second-order valence-corrected chi connectivity index (χ2v) is 7.27. The zero-order valence-electron chi connectivity index (χ0n) is 15.7. The molecule has 1 aromatic carbocycles. The Morgan fingerprint density at radius 3 is 2.69 bits per heavy atom. The van der Waals surface area contributed by atoms with Gasteiger partial charge in [0.2, 0.25) is 0 Å². The molecular formula is C21H18ClN5O2. The predicted molar refractivity (Wildman–Crippen MR) is 105 cm³/mol. The Hall–Kier alpha value is -3.47. The van der Waals surface area contributed by atoms with Crippen molar-refractivity contribution in [2.24, 2.45) is 17.1 Å². The standard InChI is InChI=1S/C21H18ClN5O2/c1-2-29-20(28)27-7-6-15-16(9-23)19(26)21(11-24,12-25)18(17(15)10-27)13-4-3-5-14(22)8-13/h3-6,8,17-18H,2,7,10,26H2,1H3/t17-,18-/m1/s1. The fourth-order valence-electron chi connectivity index (χ4n) is 4.12. The van der Waals surface area contributed by atoms with Crippen molar-refractivity contribution in [2.45, 2.75) is 12.8 Å². The van der Waals surface area contributed by atoms with E-state index < -0.39 is 23.3 Å². The molecule has 0 unspecified atom stereocenters. The number of ether oxygens (including phenoxy) is 1. The molecule has 0 radical (unpaired) electrons. The van der Waals surface area contributed by atoms with Crippen molar-refractivity contribution >= 4 is 17.7 Å². The van der Waals surface area contributed by atoms with Crippen LogP contribution < -0.4 is 5.73 Å². The van der Waals surface area contributed by atoms with Gasteiger partial charge in [0.15, 0.2) is 5.41 Å². The Morgan fingerprint density at radius 2 is 2.10 bits per heavy atom. The van der Waals surface area contributed by atoms with Crippen LogP contribution in [0.15, 0.2) is 47.2 Å². The number of carbonyl (C=O) groups excluding carboxylic acids is 1. The Labute approximate surface area is 173 Å². The zero-order chi connectivity index (χ0) is 21.2. The molecule has 0 spiro atoms. The average Bonchev–Trinajstić information content (AvgIpc) is 2.73. The molecule has 0 fully saturated rings. The Balaban J connectivity index is 2.24. The molecule has 0 aromatic heterocycles. The van der Waals surface area contributed by atoms with Crippen LogP contribution in [0.2, 0.25) is 5.02 Å². The first-order valence-electron chi connectivity index (χ1n) is 9.03. The van der Waals surface area contributed by atoms with E-state index in [-0.39, 0.29) is 31.0 Å². The summed E-state index contributed by atoms with van der Waals surface area (Å²) in [4.78, 5) is 13.8. The summed E-state index contributed by atoms with van der Waals surface area (Å²) in [5.41, 5.74) is 5.80. The van der Waals surface area contributed by atoms with Crippen LogP contribution in [0.3, 0.4) is 0 Å². The van der Waals surface area contributed by atoms with Crippen molar-refractivity contribution in [3.63, 3.8) is 0 Å². The first kappa shape index (κ1) is 20.3. The van der Waals surface area contributed by atoms with Crippen molar-refractivity contribution in [3.8, 4) is 18.2 Å². The summed E-state index contributed by atoms with van der Waals surface area (Å²) in [6.07, 6.45) is 1.25. The normalized spacial score (nSPS) is 22.4. The number of nitrogens with zero attached hydrogens (tertiary/aromatic N) is 4. The van der Waals surface area contributed by atoms with Gasteiger partial charge in [-0.1, -0.05) is 29.8 Å². The number of nitriles is 3. The SMILES string of the molecule is CCOC(=O)N1CC=C2C(C#N)=C(N)C(C#N)(C#N)[C@H](c3cccc(Cl)c3)[C@@H]2C1. The topological polar surface area (TPSA) is 127 Å². The van der Waals surface area contributed by atoms with Crippen LogP contribution >= 0.6 is 11.6 Å². The summed E-state index contributed by atoms with van der Waals surface area (Å²) in [5.74, 6) is -1.20. The maximum Gasteiger partial charge on any atom is 0.410 e. The van der Waals surface area contributed by atoms with Crippen LogP contribution in [-0.2, 0) is 4.74 Å². The number of hydrogen-bond donors (Lipinski definition) is 1. The van der Waals surface area contributed by atoms with Crippen molar-refractivity contribution in [1.82, 2.24) is 4.90 Å². The smallest absolute Gasteiger partial charge is 0.410 e. The molecule has 7 nitrogen and oxygen atoms in total. The third-order valence-electron chi connectivity index (χ3n) is 5.40. The number of allylic oxidation sites excluding steroid dienone is 2. The molecule has 1 amide bonds. The van der Waals surface area contributed by atoms with Gasteiger partial charge in [-0.25, -0.2) is 4.79 Å². The first-order chi connectivity index (χ1) is 13.9. The number of carbonyl (C=O) groups is 1. The largest absolute Gasteiger partial charge is 0.450 e. The second kappa shape index (κ2) is 7.87. The van der Waals surface area contributed by atoms with Crippen molar-refractivity contribution < 1.29 is 9.53 Å². The van der Waals surface area contributed by atoms with Gasteiger partial charge in [-0.05, 0) is 30.2 Å². The average molecular weight is 408 g/mol. The first-order valence-corrected chi connectivity index (χ1v) is 9.41. The molecule has 3 rings (SSSR count).